The number of hydrogen-bond acceptors (Lipinski definition) is 2. The van der Waals surface area contributed by atoms with Crippen LogP contribution in [0.4, 0.5) is 5.69 Å². The molecule has 0 radical (unpaired) electrons. The van der Waals surface area contributed by atoms with E-state index >= 15 is 0 Å². The molecule has 0 atom stereocenters. The summed E-state index contributed by atoms with van der Waals surface area (Å²) in [7, 11) is 0. The number of carbonyl (C=O) groups excluding carboxylic acids is 1. The highest BCUT2D eigenvalue weighted by Crippen LogP contribution is 2.33. The number of nitrogens with zero attached hydrogens (tertiary/aromatic N) is 2. The maximum Gasteiger partial charge on any atom is 0.227 e. The quantitative estimate of drug-likeness (QED) is 0.703. The molecule has 1 aromatic rings. The van der Waals surface area contributed by atoms with Gasteiger partial charge in [0.05, 0.1) is 11.9 Å². The van der Waals surface area contributed by atoms with E-state index in [9.17, 15) is 4.79 Å². The minimum absolute atomic E-state index is 0.0754. The minimum Gasteiger partial charge on any atom is -0.305 e. The molecular weight excluding hydrogens is 188 g/mol. The number of pyridine rings is 1. The van der Waals surface area contributed by atoms with Crippen molar-refractivity contribution in [2.45, 2.75) is 39.2 Å². The highest BCUT2D eigenvalue weighted by Gasteiger charge is 2.38. The van der Waals surface area contributed by atoms with Gasteiger partial charge in [-0.1, -0.05) is 0 Å². The number of rotatable bonds is 1. The van der Waals surface area contributed by atoms with Crippen LogP contribution >= 0.6 is 0 Å². The van der Waals surface area contributed by atoms with Crippen LogP contribution in [0.1, 0.15) is 32.4 Å². The number of carbonyl (C=O) groups is 1. The first-order chi connectivity index (χ1) is 7.00. The molecule has 3 nitrogen and oxygen atoms in total. The van der Waals surface area contributed by atoms with Crippen molar-refractivity contribution in [3.05, 3.63) is 24.0 Å². The van der Waals surface area contributed by atoms with Gasteiger partial charge in [0.15, 0.2) is 0 Å². The molecule has 0 unspecified atom stereocenters. The van der Waals surface area contributed by atoms with Gasteiger partial charge < -0.3 is 4.90 Å². The molecule has 15 heavy (non-hydrogen) atoms. The van der Waals surface area contributed by atoms with E-state index in [4.69, 9.17) is 0 Å². The Morgan fingerprint density at radius 1 is 1.40 bits per heavy atom. The Hall–Kier alpha value is -1.38. The van der Waals surface area contributed by atoms with Gasteiger partial charge in [0, 0.05) is 17.7 Å². The molecule has 1 aromatic heterocycles. The normalized spacial score (nSPS) is 19.7. The Labute approximate surface area is 90.1 Å². The first-order valence-corrected chi connectivity index (χ1v) is 5.26. The maximum absolute atomic E-state index is 11.8. The van der Waals surface area contributed by atoms with Crippen LogP contribution < -0.4 is 4.90 Å². The zero-order valence-corrected chi connectivity index (χ0v) is 9.45. The van der Waals surface area contributed by atoms with E-state index in [1.54, 1.807) is 6.20 Å². The smallest absolute Gasteiger partial charge is 0.227 e. The highest BCUT2D eigenvalue weighted by atomic mass is 16.2. The third kappa shape index (κ3) is 1.74. The van der Waals surface area contributed by atoms with Crippen molar-refractivity contribution < 1.29 is 4.79 Å². The molecule has 80 valence electrons. The molecule has 1 aliphatic rings. The van der Waals surface area contributed by atoms with Gasteiger partial charge in [-0.15, -0.1) is 0 Å². The highest BCUT2D eigenvalue weighted by molar-refractivity contribution is 5.96. The summed E-state index contributed by atoms with van der Waals surface area (Å²) in [6.07, 6.45) is 3.33. The SMILES string of the molecule is Cc1ccc(N2C(=O)CCC2(C)C)cn1. The van der Waals surface area contributed by atoms with Crippen LogP contribution in [-0.2, 0) is 4.79 Å². The van der Waals surface area contributed by atoms with Gasteiger partial charge in [0.2, 0.25) is 5.91 Å². The summed E-state index contributed by atoms with van der Waals surface area (Å²) in [5.41, 5.74) is 1.81. The minimum atomic E-state index is -0.0754. The van der Waals surface area contributed by atoms with Crippen LogP contribution in [0.5, 0.6) is 0 Å². The Bertz CT molecular complexity index is 381. The first-order valence-electron chi connectivity index (χ1n) is 5.26. The summed E-state index contributed by atoms with van der Waals surface area (Å²) >= 11 is 0. The molecule has 0 N–H and O–H groups in total. The van der Waals surface area contributed by atoms with E-state index < -0.39 is 0 Å². The lowest BCUT2D eigenvalue weighted by molar-refractivity contribution is -0.117. The molecule has 0 saturated carbocycles. The van der Waals surface area contributed by atoms with Crippen molar-refractivity contribution in [3.8, 4) is 0 Å². The van der Waals surface area contributed by atoms with Gasteiger partial charge in [-0.05, 0) is 39.3 Å². The molecule has 0 aliphatic carbocycles. The number of amides is 1. The summed E-state index contributed by atoms with van der Waals surface area (Å²) in [4.78, 5) is 17.9. The number of anilines is 1. The largest absolute Gasteiger partial charge is 0.305 e. The predicted molar refractivity (Wildman–Crippen MR) is 59.8 cm³/mol. The molecule has 1 amide bonds. The second-order valence-electron chi connectivity index (χ2n) is 4.70. The average Bonchev–Trinajstić information content (AvgIpc) is 2.43. The third-order valence-electron chi connectivity index (χ3n) is 2.96. The van der Waals surface area contributed by atoms with Gasteiger partial charge in [-0.25, -0.2) is 0 Å². The van der Waals surface area contributed by atoms with E-state index in [2.05, 4.69) is 18.8 Å². The van der Waals surface area contributed by atoms with E-state index in [0.29, 0.717) is 6.42 Å². The lowest BCUT2D eigenvalue weighted by atomic mass is 10.0. The Balaban J connectivity index is 2.37. The Morgan fingerprint density at radius 2 is 2.13 bits per heavy atom. The van der Waals surface area contributed by atoms with Gasteiger partial charge in [0.25, 0.3) is 0 Å². The van der Waals surface area contributed by atoms with Gasteiger partial charge in [0.1, 0.15) is 0 Å². The van der Waals surface area contributed by atoms with Crippen molar-refractivity contribution in [2.75, 3.05) is 4.90 Å². The Kier molecular flexibility index (Phi) is 2.25. The van der Waals surface area contributed by atoms with Crippen molar-refractivity contribution in [1.29, 1.82) is 0 Å². The van der Waals surface area contributed by atoms with Crippen LogP contribution in [-0.4, -0.2) is 16.4 Å². The fraction of sp³-hybridized carbons (Fsp3) is 0.500. The Morgan fingerprint density at radius 3 is 2.60 bits per heavy atom. The van der Waals surface area contributed by atoms with Crippen molar-refractivity contribution in [2.24, 2.45) is 0 Å². The summed E-state index contributed by atoms with van der Waals surface area (Å²) in [6, 6.07) is 3.91. The zero-order valence-electron chi connectivity index (χ0n) is 9.45. The van der Waals surface area contributed by atoms with Gasteiger partial charge >= 0.3 is 0 Å². The standard InChI is InChI=1S/C12H16N2O/c1-9-4-5-10(8-13-9)14-11(15)6-7-12(14,2)3/h4-5,8H,6-7H2,1-3H3. The number of hydrogen-bond donors (Lipinski definition) is 0. The molecule has 2 rings (SSSR count). The molecule has 2 heterocycles. The molecule has 1 aliphatic heterocycles. The van der Waals surface area contributed by atoms with Gasteiger partial charge in [-0.3, -0.25) is 9.78 Å². The molecule has 0 aromatic carbocycles. The van der Waals surface area contributed by atoms with Crippen LogP contribution in [0.25, 0.3) is 0 Å². The molecule has 3 heteroatoms. The average molecular weight is 204 g/mol. The number of aryl methyl sites for hydroxylation is 1. The predicted octanol–water partition coefficient (Wildman–Crippen LogP) is 2.30. The van der Waals surface area contributed by atoms with E-state index in [1.165, 1.54) is 0 Å². The fourth-order valence-electron chi connectivity index (χ4n) is 2.06. The second-order valence-corrected chi connectivity index (χ2v) is 4.70. The summed E-state index contributed by atoms with van der Waals surface area (Å²) in [5, 5.41) is 0. The van der Waals surface area contributed by atoms with Crippen LogP contribution in [0.2, 0.25) is 0 Å². The molecular formula is C12H16N2O. The van der Waals surface area contributed by atoms with E-state index in [-0.39, 0.29) is 11.4 Å². The zero-order chi connectivity index (χ0) is 11.1. The topological polar surface area (TPSA) is 33.2 Å². The maximum atomic E-state index is 11.8. The van der Waals surface area contributed by atoms with Gasteiger partial charge in [-0.2, -0.15) is 0 Å². The van der Waals surface area contributed by atoms with E-state index in [0.717, 1.165) is 17.8 Å². The molecule has 1 saturated heterocycles. The van der Waals surface area contributed by atoms with Crippen molar-refractivity contribution in [3.63, 3.8) is 0 Å². The third-order valence-corrected chi connectivity index (χ3v) is 2.96. The molecule has 0 spiro atoms. The van der Waals surface area contributed by atoms with E-state index in [1.807, 2.05) is 24.0 Å². The first kappa shape index (κ1) is 10.1. The van der Waals surface area contributed by atoms with Crippen molar-refractivity contribution >= 4 is 11.6 Å². The molecule has 0 bridgehead atoms. The monoisotopic (exact) mass is 204 g/mol. The second kappa shape index (κ2) is 3.33. The van der Waals surface area contributed by atoms with Crippen LogP contribution in [0.3, 0.4) is 0 Å². The lowest BCUT2D eigenvalue weighted by Gasteiger charge is -2.31. The number of aromatic nitrogens is 1. The van der Waals surface area contributed by atoms with Crippen LogP contribution in [0.15, 0.2) is 18.3 Å². The summed E-state index contributed by atoms with van der Waals surface area (Å²) in [5.74, 6) is 0.200. The molecule has 1 fully saturated rings. The fourth-order valence-corrected chi connectivity index (χ4v) is 2.06. The summed E-state index contributed by atoms with van der Waals surface area (Å²) in [6.45, 7) is 6.14. The van der Waals surface area contributed by atoms with Crippen LogP contribution in [0, 0.1) is 6.92 Å². The van der Waals surface area contributed by atoms with Crippen molar-refractivity contribution in [1.82, 2.24) is 4.98 Å². The summed E-state index contributed by atoms with van der Waals surface area (Å²) < 4.78 is 0. The lowest BCUT2D eigenvalue weighted by Crippen LogP contribution is -2.40.